The van der Waals surface area contributed by atoms with Gasteiger partial charge in [0.25, 0.3) is 0 Å². The molecule has 0 aliphatic carbocycles. The summed E-state index contributed by atoms with van der Waals surface area (Å²) in [5, 5.41) is 40.1. The topological polar surface area (TPSA) is 132 Å². The van der Waals surface area contributed by atoms with Crippen molar-refractivity contribution in [1.82, 2.24) is 16.0 Å². The minimum Gasteiger partial charge on any atom is -0.388 e. The zero-order valence-corrected chi connectivity index (χ0v) is 22.5. The largest absolute Gasteiger partial charge is 0.388 e. The van der Waals surface area contributed by atoms with Gasteiger partial charge in [-0.1, -0.05) is 18.2 Å². The molecule has 0 saturated carbocycles. The number of carbonyl (C=O) groups excluding carboxylic acids is 1. The van der Waals surface area contributed by atoms with Crippen LogP contribution in [-0.2, 0) is 20.8 Å². The van der Waals surface area contributed by atoms with Crippen LogP contribution in [0.3, 0.4) is 0 Å². The monoisotopic (exact) mass is 561 g/mol. The Morgan fingerprint density at radius 1 is 1.27 bits per heavy atom. The highest BCUT2D eigenvalue weighted by Crippen LogP contribution is 2.31. The fourth-order valence-corrected chi connectivity index (χ4v) is 6.35. The number of aliphatic hydroxyl groups excluding tert-OH is 3. The van der Waals surface area contributed by atoms with E-state index in [1.165, 1.54) is 17.8 Å². The van der Waals surface area contributed by atoms with Crippen LogP contribution in [0.25, 0.3) is 0 Å². The number of hydrogen-bond donors (Lipinski definition) is 6. The number of alkyl halides is 1. The lowest BCUT2D eigenvalue weighted by Crippen LogP contribution is -2.65. The molecule has 0 bridgehead atoms. The average molecular weight is 562 g/mol. The molecule has 37 heavy (non-hydrogen) atoms. The molecule has 0 aromatic heterocycles. The van der Waals surface area contributed by atoms with Crippen LogP contribution in [0.1, 0.15) is 25.3 Å². The molecule has 0 spiro atoms. The first-order valence-electron chi connectivity index (χ1n) is 12.7. The van der Waals surface area contributed by atoms with Crippen molar-refractivity contribution in [2.75, 3.05) is 19.4 Å². The van der Waals surface area contributed by atoms with E-state index in [1.807, 2.05) is 6.07 Å². The van der Waals surface area contributed by atoms with Gasteiger partial charge in [-0.05, 0) is 32.1 Å². The van der Waals surface area contributed by atoms with Crippen molar-refractivity contribution in [2.45, 2.75) is 85.8 Å². The molecule has 12 heteroatoms. The lowest BCUT2D eigenvalue weighted by molar-refractivity contribution is -0.205. The Balaban J connectivity index is 1.37. The summed E-state index contributed by atoms with van der Waals surface area (Å²) in [5.74, 6) is -0.490. The lowest BCUT2D eigenvalue weighted by atomic mass is 9.92. The number of ether oxygens (including phenoxy) is 2. The Bertz CT molecular complexity index is 917. The fraction of sp³-hybridized carbons (Fsp3) is 0.720. The van der Waals surface area contributed by atoms with Gasteiger partial charge in [0, 0.05) is 37.2 Å². The minimum atomic E-state index is -1.43. The number of halogens is 2. The van der Waals surface area contributed by atoms with E-state index < -0.39 is 47.3 Å². The second kappa shape index (κ2) is 12.9. The number of hydrogen-bond acceptors (Lipinski definition) is 9. The van der Waals surface area contributed by atoms with Crippen molar-refractivity contribution in [1.29, 1.82) is 0 Å². The molecule has 4 rings (SSSR count). The number of nitrogens with one attached hydrogen (secondary N) is 3. The summed E-state index contributed by atoms with van der Waals surface area (Å²) in [6, 6.07) is 5.37. The molecule has 3 aliphatic heterocycles. The van der Waals surface area contributed by atoms with Crippen molar-refractivity contribution in [3.05, 3.63) is 35.6 Å². The Hall–Kier alpha value is -1.02. The predicted octanol–water partition coefficient (Wildman–Crippen LogP) is 0.334. The van der Waals surface area contributed by atoms with Gasteiger partial charge in [-0.25, -0.2) is 4.39 Å². The van der Waals surface area contributed by atoms with Gasteiger partial charge < -0.3 is 40.7 Å². The number of amides is 1. The molecule has 6 N–H and O–H groups in total. The van der Waals surface area contributed by atoms with E-state index in [4.69, 9.17) is 21.1 Å². The molecule has 3 unspecified atom stereocenters. The van der Waals surface area contributed by atoms with Gasteiger partial charge in [-0.3, -0.25) is 4.79 Å². The fourth-order valence-electron chi connectivity index (χ4n) is 5.46. The van der Waals surface area contributed by atoms with E-state index in [0.717, 1.165) is 12.8 Å². The van der Waals surface area contributed by atoms with Crippen LogP contribution in [0.2, 0.25) is 0 Å². The Kier molecular flexibility index (Phi) is 10.1. The molecule has 1 aromatic carbocycles. The van der Waals surface area contributed by atoms with E-state index in [2.05, 4.69) is 16.0 Å². The van der Waals surface area contributed by atoms with E-state index in [9.17, 15) is 24.5 Å². The van der Waals surface area contributed by atoms with Gasteiger partial charge >= 0.3 is 0 Å². The second-order valence-corrected chi connectivity index (χ2v) is 11.7. The number of aliphatic hydroxyl groups is 3. The molecule has 3 aliphatic rings. The van der Waals surface area contributed by atoms with Crippen LogP contribution in [-0.4, -0.2) is 100 Å². The third-order valence-electron chi connectivity index (χ3n) is 7.58. The van der Waals surface area contributed by atoms with Gasteiger partial charge in [-0.15, -0.1) is 23.4 Å². The quantitative estimate of drug-likeness (QED) is 0.249. The standard InChI is InChI=1S/C25H37ClFN3O6S/c1-12(26)17(23-20(32)19(31)21(33)25(36-23)37-2)30-24(34)18-22-14(11-29-18)9-15(7-8-35-22)28-10-13-5-3-4-6-16(13)27/h3-6,12,14-15,17-23,25,28-29,31-33H,7-11H2,1-2H3,(H,30,34)/t12-,14-,15?,17+,18-,19?,20-,21+,22+,23+,25?/m0/s1. The second-order valence-electron chi connectivity index (χ2n) is 10.1. The van der Waals surface area contributed by atoms with Crippen LogP contribution >= 0.6 is 23.4 Å². The van der Waals surface area contributed by atoms with Crippen molar-refractivity contribution in [3.8, 4) is 0 Å². The van der Waals surface area contributed by atoms with Crippen molar-refractivity contribution in [2.24, 2.45) is 5.92 Å². The molecule has 208 valence electrons. The van der Waals surface area contributed by atoms with Gasteiger partial charge in [0.1, 0.15) is 41.7 Å². The maximum absolute atomic E-state index is 14.0. The first-order chi connectivity index (χ1) is 17.7. The number of benzene rings is 1. The lowest BCUT2D eigenvalue weighted by Gasteiger charge is -2.44. The zero-order valence-electron chi connectivity index (χ0n) is 20.9. The summed E-state index contributed by atoms with van der Waals surface area (Å²) in [6.07, 6.45) is -2.24. The van der Waals surface area contributed by atoms with Crippen LogP contribution in [0.15, 0.2) is 24.3 Å². The molecule has 0 radical (unpaired) electrons. The molecule has 3 heterocycles. The summed E-state index contributed by atoms with van der Waals surface area (Å²) in [7, 11) is 0. The van der Waals surface area contributed by atoms with Gasteiger partial charge in [-0.2, -0.15) is 0 Å². The van der Waals surface area contributed by atoms with E-state index in [0.29, 0.717) is 25.3 Å². The smallest absolute Gasteiger partial charge is 0.240 e. The third kappa shape index (κ3) is 6.59. The summed E-state index contributed by atoms with van der Waals surface area (Å²) in [6.45, 7) is 3.14. The van der Waals surface area contributed by atoms with Gasteiger partial charge in [0.05, 0.1) is 17.5 Å². The maximum atomic E-state index is 14.0. The number of carbonyl (C=O) groups is 1. The predicted molar refractivity (Wildman–Crippen MR) is 139 cm³/mol. The molecule has 11 atom stereocenters. The van der Waals surface area contributed by atoms with Crippen molar-refractivity contribution in [3.63, 3.8) is 0 Å². The summed E-state index contributed by atoms with van der Waals surface area (Å²) < 4.78 is 26.0. The number of fused-ring (bicyclic) bond motifs is 1. The number of rotatable bonds is 8. The SMILES string of the molecule is CSC1O[C@H]([C@H](NC(=O)[C@H]2NC[C@@H]3CC(NCc4ccccc4F)CCO[C@H]32)[C@H](C)Cl)[C@@H](O)C(O)[C@H]1O. The summed E-state index contributed by atoms with van der Waals surface area (Å²) in [5.41, 5.74) is -0.160. The average Bonchev–Trinajstić information content (AvgIpc) is 3.16. The molecule has 1 aromatic rings. The number of thioether (sulfide) groups is 1. The normalized spacial score (nSPS) is 37.9. The Morgan fingerprint density at radius 2 is 2.03 bits per heavy atom. The van der Waals surface area contributed by atoms with Gasteiger partial charge in [0.15, 0.2) is 0 Å². The molecule has 3 fully saturated rings. The third-order valence-corrected chi connectivity index (χ3v) is 8.70. The zero-order chi connectivity index (χ0) is 26.7. The van der Waals surface area contributed by atoms with E-state index in [-0.39, 0.29) is 29.8 Å². The summed E-state index contributed by atoms with van der Waals surface area (Å²) in [4.78, 5) is 13.4. The molecular weight excluding hydrogens is 525 g/mol. The van der Waals surface area contributed by atoms with E-state index in [1.54, 1.807) is 25.3 Å². The molecule has 9 nitrogen and oxygen atoms in total. The van der Waals surface area contributed by atoms with Crippen molar-refractivity contribution >= 4 is 29.3 Å². The first-order valence-corrected chi connectivity index (χ1v) is 14.4. The van der Waals surface area contributed by atoms with Crippen molar-refractivity contribution < 1.29 is 34.0 Å². The van der Waals surface area contributed by atoms with E-state index >= 15 is 0 Å². The summed E-state index contributed by atoms with van der Waals surface area (Å²) >= 11 is 7.60. The Labute approximate surface area is 225 Å². The van der Waals surface area contributed by atoms with Crippen LogP contribution in [0, 0.1) is 11.7 Å². The first kappa shape index (κ1) is 29.0. The maximum Gasteiger partial charge on any atom is 0.240 e. The molecular formula is C25H37ClFN3O6S. The molecule has 3 saturated heterocycles. The van der Waals surface area contributed by atoms with Crippen LogP contribution in [0.4, 0.5) is 4.39 Å². The highest BCUT2D eigenvalue weighted by Gasteiger charge is 2.49. The van der Waals surface area contributed by atoms with Crippen LogP contribution in [0.5, 0.6) is 0 Å². The Morgan fingerprint density at radius 3 is 2.73 bits per heavy atom. The highest BCUT2D eigenvalue weighted by atomic mass is 35.5. The van der Waals surface area contributed by atoms with Gasteiger partial charge in [0.2, 0.25) is 5.91 Å². The highest BCUT2D eigenvalue weighted by molar-refractivity contribution is 7.99. The molecule has 1 amide bonds. The minimum absolute atomic E-state index is 0.0811. The van der Waals surface area contributed by atoms with Crippen LogP contribution < -0.4 is 16.0 Å².